The summed E-state index contributed by atoms with van der Waals surface area (Å²) >= 11 is 6.18. The molecule has 24 heavy (non-hydrogen) atoms. The van der Waals surface area contributed by atoms with Crippen molar-refractivity contribution in [3.63, 3.8) is 0 Å². The molecule has 130 valence electrons. The van der Waals surface area contributed by atoms with Crippen molar-refractivity contribution in [1.29, 1.82) is 0 Å². The van der Waals surface area contributed by atoms with E-state index in [9.17, 15) is 0 Å². The van der Waals surface area contributed by atoms with Gasteiger partial charge in [0.1, 0.15) is 23.0 Å². The van der Waals surface area contributed by atoms with E-state index in [4.69, 9.17) is 16.3 Å². The average molecular weight is 348 g/mol. The van der Waals surface area contributed by atoms with Crippen molar-refractivity contribution in [2.24, 2.45) is 0 Å². The van der Waals surface area contributed by atoms with Crippen molar-refractivity contribution in [2.45, 2.75) is 46.0 Å². The molecule has 0 unspecified atom stereocenters. The first-order valence-electron chi connectivity index (χ1n) is 8.46. The molecule has 4 nitrogen and oxygen atoms in total. The van der Waals surface area contributed by atoms with Crippen LogP contribution in [0.15, 0.2) is 30.6 Å². The van der Waals surface area contributed by atoms with Crippen LogP contribution in [0.3, 0.4) is 0 Å². The van der Waals surface area contributed by atoms with E-state index in [2.05, 4.69) is 55.1 Å². The largest absolute Gasteiger partial charge is 0.493 e. The third-order valence-corrected chi connectivity index (χ3v) is 4.13. The highest BCUT2D eigenvalue weighted by Gasteiger charge is 2.13. The van der Waals surface area contributed by atoms with Gasteiger partial charge in [-0.1, -0.05) is 57.5 Å². The van der Waals surface area contributed by atoms with Gasteiger partial charge in [-0.15, -0.1) is 0 Å². The number of halogens is 1. The average Bonchev–Trinajstić information content (AvgIpc) is 2.54. The zero-order valence-corrected chi connectivity index (χ0v) is 15.6. The third-order valence-electron chi connectivity index (χ3n) is 3.82. The number of aromatic nitrogens is 2. The van der Waals surface area contributed by atoms with Gasteiger partial charge in [-0.05, 0) is 29.9 Å². The molecule has 0 bridgehead atoms. The second kappa shape index (κ2) is 8.88. The van der Waals surface area contributed by atoms with Gasteiger partial charge in [0, 0.05) is 12.1 Å². The molecular formula is C19H26ClN3O. The summed E-state index contributed by atoms with van der Waals surface area (Å²) in [6.45, 7) is 9.96. The van der Waals surface area contributed by atoms with Crippen LogP contribution in [0.4, 0.5) is 5.82 Å². The lowest BCUT2D eigenvalue weighted by Gasteiger charge is -2.15. The first kappa shape index (κ1) is 18.5. The molecule has 0 aliphatic heterocycles. The third kappa shape index (κ3) is 4.84. The minimum Gasteiger partial charge on any atom is -0.493 e. The lowest BCUT2D eigenvalue weighted by Crippen LogP contribution is -2.11. The van der Waals surface area contributed by atoms with Gasteiger partial charge in [0.25, 0.3) is 0 Å². The molecule has 0 radical (unpaired) electrons. The lowest BCUT2D eigenvalue weighted by molar-refractivity contribution is 0.310. The molecule has 0 amide bonds. The van der Waals surface area contributed by atoms with E-state index in [1.54, 1.807) is 0 Å². The molecule has 0 spiro atoms. The van der Waals surface area contributed by atoms with Gasteiger partial charge in [-0.3, -0.25) is 0 Å². The summed E-state index contributed by atoms with van der Waals surface area (Å²) in [5, 5.41) is 3.86. The maximum Gasteiger partial charge on any atom is 0.138 e. The van der Waals surface area contributed by atoms with Gasteiger partial charge in [0.2, 0.25) is 0 Å². The van der Waals surface area contributed by atoms with Crippen molar-refractivity contribution in [1.82, 2.24) is 9.97 Å². The zero-order valence-electron chi connectivity index (χ0n) is 14.8. The number of rotatable bonds is 8. The fraction of sp³-hybridized carbons (Fsp3) is 0.474. The van der Waals surface area contributed by atoms with Crippen LogP contribution in [0, 0.1) is 0 Å². The first-order chi connectivity index (χ1) is 11.5. The SMILES string of the molecule is CC(C)c1ccccc1OCCCNc1ncnc(Cl)c1C(C)C. The highest BCUT2D eigenvalue weighted by Crippen LogP contribution is 2.28. The van der Waals surface area contributed by atoms with Crippen LogP contribution in [0.25, 0.3) is 0 Å². The molecule has 1 heterocycles. The Morgan fingerprint density at radius 1 is 1.08 bits per heavy atom. The highest BCUT2D eigenvalue weighted by atomic mass is 35.5. The predicted molar refractivity (Wildman–Crippen MR) is 100 cm³/mol. The summed E-state index contributed by atoms with van der Waals surface area (Å²) in [6, 6.07) is 8.22. The minimum atomic E-state index is 0.273. The maximum absolute atomic E-state index is 6.18. The van der Waals surface area contributed by atoms with Crippen LogP contribution < -0.4 is 10.1 Å². The van der Waals surface area contributed by atoms with Gasteiger partial charge >= 0.3 is 0 Å². The van der Waals surface area contributed by atoms with E-state index in [0.29, 0.717) is 17.7 Å². The quantitative estimate of drug-likeness (QED) is 0.522. The van der Waals surface area contributed by atoms with Crippen molar-refractivity contribution in [2.75, 3.05) is 18.5 Å². The van der Waals surface area contributed by atoms with Gasteiger partial charge in [0.15, 0.2) is 0 Å². The van der Waals surface area contributed by atoms with Crippen LogP contribution in [-0.4, -0.2) is 23.1 Å². The van der Waals surface area contributed by atoms with Gasteiger partial charge < -0.3 is 10.1 Å². The fourth-order valence-electron chi connectivity index (χ4n) is 2.58. The molecule has 0 fully saturated rings. The van der Waals surface area contributed by atoms with Crippen LogP contribution in [0.2, 0.25) is 5.15 Å². The summed E-state index contributed by atoms with van der Waals surface area (Å²) in [6.07, 6.45) is 2.37. The molecule has 1 N–H and O–H groups in total. The number of hydrogen-bond donors (Lipinski definition) is 1. The van der Waals surface area contributed by atoms with E-state index in [1.807, 2.05) is 12.1 Å². The molecule has 5 heteroatoms. The van der Waals surface area contributed by atoms with E-state index < -0.39 is 0 Å². The summed E-state index contributed by atoms with van der Waals surface area (Å²) in [5.41, 5.74) is 2.21. The number of nitrogens with zero attached hydrogens (tertiary/aromatic N) is 2. The molecule has 2 aromatic rings. The van der Waals surface area contributed by atoms with Crippen LogP contribution in [0.1, 0.15) is 57.1 Å². The lowest BCUT2D eigenvalue weighted by atomic mass is 10.0. The van der Waals surface area contributed by atoms with E-state index >= 15 is 0 Å². The Labute approximate surface area is 149 Å². The Bertz CT molecular complexity index is 659. The Morgan fingerprint density at radius 3 is 2.54 bits per heavy atom. The van der Waals surface area contributed by atoms with Crippen molar-refractivity contribution in [3.05, 3.63) is 46.9 Å². The van der Waals surface area contributed by atoms with Gasteiger partial charge in [-0.2, -0.15) is 0 Å². The second-order valence-corrected chi connectivity index (χ2v) is 6.76. The Hall–Kier alpha value is -1.81. The molecule has 0 saturated heterocycles. The first-order valence-corrected chi connectivity index (χ1v) is 8.84. The highest BCUT2D eigenvalue weighted by molar-refractivity contribution is 6.30. The summed E-state index contributed by atoms with van der Waals surface area (Å²) in [5.74, 6) is 2.51. The number of hydrogen-bond acceptors (Lipinski definition) is 4. The zero-order chi connectivity index (χ0) is 17.5. The predicted octanol–water partition coefficient (Wildman–Crippen LogP) is 5.26. The molecule has 1 aromatic carbocycles. The normalized spacial score (nSPS) is 11.1. The van der Waals surface area contributed by atoms with Crippen LogP contribution >= 0.6 is 11.6 Å². The molecule has 0 atom stereocenters. The van der Waals surface area contributed by atoms with E-state index in [-0.39, 0.29) is 5.92 Å². The number of ether oxygens (including phenoxy) is 1. The number of para-hydroxylation sites is 1. The number of benzene rings is 1. The Kier molecular flexibility index (Phi) is 6.85. The van der Waals surface area contributed by atoms with Crippen molar-refractivity contribution >= 4 is 17.4 Å². The van der Waals surface area contributed by atoms with Crippen LogP contribution in [0.5, 0.6) is 5.75 Å². The van der Waals surface area contributed by atoms with E-state index in [0.717, 1.165) is 30.1 Å². The summed E-state index contributed by atoms with van der Waals surface area (Å²) in [4.78, 5) is 8.37. The summed E-state index contributed by atoms with van der Waals surface area (Å²) < 4.78 is 5.94. The standard InChI is InChI=1S/C19H26ClN3O/c1-13(2)15-8-5-6-9-16(15)24-11-7-10-21-19-17(14(3)4)18(20)22-12-23-19/h5-6,8-9,12-14H,7,10-11H2,1-4H3,(H,21,22,23). The molecule has 0 aliphatic carbocycles. The van der Waals surface area contributed by atoms with Gasteiger partial charge in [-0.25, -0.2) is 9.97 Å². The van der Waals surface area contributed by atoms with Gasteiger partial charge in [0.05, 0.1) is 6.61 Å². The maximum atomic E-state index is 6.18. The van der Waals surface area contributed by atoms with E-state index in [1.165, 1.54) is 11.9 Å². The molecular weight excluding hydrogens is 322 g/mol. The monoisotopic (exact) mass is 347 g/mol. The van der Waals surface area contributed by atoms with Crippen molar-refractivity contribution < 1.29 is 4.74 Å². The molecule has 1 aromatic heterocycles. The number of nitrogens with one attached hydrogen (secondary N) is 1. The second-order valence-electron chi connectivity index (χ2n) is 6.40. The Morgan fingerprint density at radius 2 is 1.83 bits per heavy atom. The fourth-order valence-corrected chi connectivity index (χ4v) is 2.93. The number of anilines is 1. The minimum absolute atomic E-state index is 0.273. The smallest absolute Gasteiger partial charge is 0.138 e. The topological polar surface area (TPSA) is 47.0 Å². The summed E-state index contributed by atoms with van der Waals surface area (Å²) in [7, 11) is 0. The molecule has 0 saturated carbocycles. The Balaban J connectivity index is 1.86. The van der Waals surface area contributed by atoms with Crippen LogP contribution in [-0.2, 0) is 0 Å². The van der Waals surface area contributed by atoms with Crippen molar-refractivity contribution in [3.8, 4) is 5.75 Å². The molecule has 0 aliphatic rings. The molecule has 2 rings (SSSR count).